The molecule has 1 heterocycles. The van der Waals surface area contributed by atoms with E-state index in [1.165, 1.54) is 16.2 Å². The average molecular weight is 341 g/mol. The lowest BCUT2D eigenvalue weighted by Gasteiger charge is -2.02. The maximum Gasteiger partial charge on any atom is 0.307 e. The van der Waals surface area contributed by atoms with Gasteiger partial charge in [0.25, 0.3) is 0 Å². The number of aromatic nitrogens is 1. The molecule has 0 atom stereocenters. The number of thioether (sulfide) groups is 1. The largest absolute Gasteiger partial charge is 0.481 e. The Morgan fingerprint density at radius 1 is 1.22 bits per heavy atom. The molecule has 0 spiro atoms. The Balaban J connectivity index is 2.01. The van der Waals surface area contributed by atoms with Crippen LogP contribution in [-0.4, -0.2) is 22.3 Å². The van der Waals surface area contributed by atoms with Crippen LogP contribution in [0.3, 0.4) is 0 Å². The number of rotatable bonds is 5. The lowest BCUT2D eigenvalue weighted by Crippen LogP contribution is -1.96. The van der Waals surface area contributed by atoms with Gasteiger partial charge in [0.05, 0.1) is 16.6 Å². The predicted molar refractivity (Wildman–Crippen MR) is 98.0 cm³/mol. The number of aliphatic carboxylic acids is 1. The van der Waals surface area contributed by atoms with Gasteiger partial charge in [0, 0.05) is 4.90 Å². The van der Waals surface area contributed by atoms with E-state index in [4.69, 9.17) is 0 Å². The van der Waals surface area contributed by atoms with Crippen LogP contribution in [0.15, 0.2) is 53.4 Å². The van der Waals surface area contributed by atoms with E-state index in [0.717, 1.165) is 26.4 Å². The van der Waals surface area contributed by atoms with E-state index >= 15 is 0 Å². The molecule has 0 aliphatic carbocycles. The molecule has 0 bridgehead atoms. The highest BCUT2D eigenvalue weighted by Gasteiger charge is 2.12. The maximum atomic E-state index is 11.2. The Morgan fingerprint density at radius 2 is 1.96 bits per heavy atom. The molecule has 116 valence electrons. The second kappa shape index (κ2) is 6.98. The third-order valence-corrected chi connectivity index (χ3v) is 5.22. The molecule has 0 aliphatic heterocycles. The number of carbonyl (C=O) groups is 1. The van der Waals surface area contributed by atoms with Crippen molar-refractivity contribution in [2.24, 2.45) is 0 Å². The van der Waals surface area contributed by atoms with Gasteiger partial charge in [-0.05, 0) is 47.7 Å². The standard InChI is InChI=1S/C18H15NO2S2/c1-22-14-8-6-12(7-9-14)10-13(11-17(20)21)18-19-15-4-2-3-5-16(15)23-18/h2-10H,11H2,1H3,(H,20,21). The summed E-state index contributed by atoms with van der Waals surface area (Å²) in [5.41, 5.74) is 2.62. The Labute approximate surface area is 142 Å². The topological polar surface area (TPSA) is 50.2 Å². The fourth-order valence-electron chi connectivity index (χ4n) is 2.26. The first-order valence-corrected chi connectivity index (χ1v) is 9.12. The number of benzene rings is 2. The van der Waals surface area contributed by atoms with E-state index in [1.54, 1.807) is 11.8 Å². The summed E-state index contributed by atoms with van der Waals surface area (Å²) in [6.45, 7) is 0. The summed E-state index contributed by atoms with van der Waals surface area (Å²) in [5, 5.41) is 9.98. The summed E-state index contributed by atoms with van der Waals surface area (Å²) in [7, 11) is 0. The Morgan fingerprint density at radius 3 is 2.61 bits per heavy atom. The molecule has 5 heteroatoms. The molecule has 3 rings (SSSR count). The molecule has 1 N–H and O–H groups in total. The lowest BCUT2D eigenvalue weighted by molar-refractivity contribution is -0.135. The minimum Gasteiger partial charge on any atom is -0.481 e. The van der Waals surface area contributed by atoms with Crippen molar-refractivity contribution in [3.05, 3.63) is 59.1 Å². The monoisotopic (exact) mass is 341 g/mol. The summed E-state index contributed by atoms with van der Waals surface area (Å²) < 4.78 is 1.07. The zero-order chi connectivity index (χ0) is 16.2. The molecule has 3 nitrogen and oxygen atoms in total. The first kappa shape index (κ1) is 15.8. The number of carboxylic acid groups (broad SMARTS) is 1. The van der Waals surface area contributed by atoms with E-state index in [0.29, 0.717) is 0 Å². The van der Waals surface area contributed by atoms with Crippen LogP contribution < -0.4 is 0 Å². The number of carboxylic acids is 1. The molecule has 0 fully saturated rings. The van der Waals surface area contributed by atoms with E-state index in [1.807, 2.05) is 60.9 Å². The van der Waals surface area contributed by atoms with Gasteiger partial charge in [0.2, 0.25) is 0 Å². The first-order valence-electron chi connectivity index (χ1n) is 7.08. The molecule has 0 amide bonds. The summed E-state index contributed by atoms with van der Waals surface area (Å²) in [4.78, 5) is 17.0. The minimum atomic E-state index is -0.851. The van der Waals surface area contributed by atoms with Crippen molar-refractivity contribution in [1.29, 1.82) is 0 Å². The minimum absolute atomic E-state index is 0.0376. The van der Waals surface area contributed by atoms with Crippen LogP contribution in [0.4, 0.5) is 0 Å². The number of hydrogen-bond donors (Lipinski definition) is 1. The van der Waals surface area contributed by atoms with Gasteiger partial charge in [-0.3, -0.25) is 4.79 Å². The third-order valence-electron chi connectivity index (χ3n) is 3.37. The lowest BCUT2D eigenvalue weighted by atomic mass is 10.1. The van der Waals surface area contributed by atoms with Crippen molar-refractivity contribution in [1.82, 2.24) is 4.98 Å². The zero-order valence-corrected chi connectivity index (χ0v) is 14.2. The molecule has 0 saturated carbocycles. The molecule has 0 aliphatic rings. The normalized spacial score (nSPS) is 11.8. The Hall–Kier alpha value is -2.11. The zero-order valence-electron chi connectivity index (χ0n) is 12.5. The number of fused-ring (bicyclic) bond motifs is 1. The first-order chi connectivity index (χ1) is 11.2. The van der Waals surface area contributed by atoms with Crippen LogP contribution in [-0.2, 0) is 4.79 Å². The molecule has 2 aromatic carbocycles. The third kappa shape index (κ3) is 3.81. The van der Waals surface area contributed by atoms with Gasteiger partial charge in [0.1, 0.15) is 5.01 Å². The highest BCUT2D eigenvalue weighted by atomic mass is 32.2. The van der Waals surface area contributed by atoms with Crippen molar-refractivity contribution < 1.29 is 9.90 Å². The van der Waals surface area contributed by atoms with Gasteiger partial charge >= 0.3 is 5.97 Å². The van der Waals surface area contributed by atoms with Crippen molar-refractivity contribution in [2.75, 3.05) is 6.26 Å². The summed E-state index contributed by atoms with van der Waals surface area (Å²) >= 11 is 3.21. The van der Waals surface area contributed by atoms with Crippen LogP contribution >= 0.6 is 23.1 Å². The van der Waals surface area contributed by atoms with E-state index < -0.39 is 5.97 Å². The number of para-hydroxylation sites is 1. The van der Waals surface area contributed by atoms with Crippen LogP contribution in [0.1, 0.15) is 17.0 Å². The van der Waals surface area contributed by atoms with Crippen LogP contribution in [0.2, 0.25) is 0 Å². The number of thiazole rings is 1. The van der Waals surface area contributed by atoms with E-state index in [2.05, 4.69) is 4.98 Å². The van der Waals surface area contributed by atoms with Gasteiger partial charge in [-0.1, -0.05) is 24.3 Å². The van der Waals surface area contributed by atoms with Gasteiger partial charge in [0.15, 0.2) is 0 Å². The smallest absolute Gasteiger partial charge is 0.307 e. The van der Waals surface area contributed by atoms with E-state index in [9.17, 15) is 9.90 Å². The molecule has 0 saturated heterocycles. The Kier molecular flexibility index (Phi) is 4.79. The Bertz CT molecular complexity index is 833. The van der Waals surface area contributed by atoms with Crippen molar-refractivity contribution >= 4 is 50.9 Å². The highest BCUT2D eigenvalue weighted by molar-refractivity contribution is 7.98. The molecule has 23 heavy (non-hydrogen) atoms. The second-order valence-corrected chi connectivity index (χ2v) is 6.91. The fraction of sp³-hybridized carbons (Fsp3) is 0.111. The average Bonchev–Trinajstić information content (AvgIpc) is 2.98. The molecule has 3 aromatic rings. The van der Waals surface area contributed by atoms with Crippen LogP contribution in [0, 0.1) is 0 Å². The second-order valence-electron chi connectivity index (χ2n) is 5.00. The molecule has 1 aromatic heterocycles. The van der Waals surface area contributed by atoms with Crippen molar-refractivity contribution in [3.63, 3.8) is 0 Å². The quantitative estimate of drug-likeness (QED) is 0.661. The van der Waals surface area contributed by atoms with Gasteiger partial charge in [-0.2, -0.15) is 0 Å². The summed E-state index contributed by atoms with van der Waals surface area (Å²) in [5.74, 6) is -0.851. The van der Waals surface area contributed by atoms with Crippen molar-refractivity contribution in [2.45, 2.75) is 11.3 Å². The summed E-state index contributed by atoms with van der Waals surface area (Å²) in [6, 6.07) is 15.9. The molecular formula is C18H15NO2S2. The molecule has 0 unspecified atom stereocenters. The highest BCUT2D eigenvalue weighted by Crippen LogP contribution is 2.30. The number of hydrogen-bond acceptors (Lipinski definition) is 4. The molecule has 0 radical (unpaired) electrons. The van der Waals surface area contributed by atoms with Gasteiger partial charge in [-0.25, -0.2) is 4.98 Å². The van der Waals surface area contributed by atoms with Gasteiger partial charge < -0.3 is 5.11 Å². The van der Waals surface area contributed by atoms with E-state index in [-0.39, 0.29) is 6.42 Å². The summed E-state index contributed by atoms with van der Waals surface area (Å²) in [6.07, 6.45) is 3.90. The molecular weight excluding hydrogens is 326 g/mol. The predicted octanol–water partition coefficient (Wildman–Crippen LogP) is 5.03. The SMILES string of the molecule is CSc1ccc(C=C(CC(=O)O)c2nc3ccccc3s2)cc1. The van der Waals surface area contributed by atoms with Crippen molar-refractivity contribution in [3.8, 4) is 0 Å². The van der Waals surface area contributed by atoms with Crippen LogP contribution in [0.5, 0.6) is 0 Å². The van der Waals surface area contributed by atoms with Gasteiger partial charge in [-0.15, -0.1) is 23.1 Å². The number of nitrogens with zero attached hydrogens (tertiary/aromatic N) is 1. The van der Waals surface area contributed by atoms with Crippen LogP contribution in [0.25, 0.3) is 21.9 Å². The fourth-order valence-corrected chi connectivity index (χ4v) is 3.65. The maximum absolute atomic E-state index is 11.2.